The van der Waals surface area contributed by atoms with Gasteiger partial charge in [0.2, 0.25) is 0 Å². The van der Waals surface area contributed by atoms with Crippen molar-refractivity contribution >= 4 is 17.5 Å². The van der Waals surface area contributed by atoms with E-state index in [-0.39, 0.29) is 17.1 Å². The lowest BCUT2D eigenvalue weighted by molar-refractivity contribution is -0.385. The molecule has 1 N–H and O–H groups in total. The Hall–Kier alpha value is -2.22. The molecule has 0 amide bonds. The van der Waals surface area contributed by atoms with E-state index in [2.05, 4.69) is 4.98 Å². The van der Waals surface area contributed by atoms with E-state index in [1.807, 2.05) is 18.7 Å². The van der Waals surface area contributed by atoms with Crippen molar-refractivity contribution in [2.45, 2.75) is 19.4 Å². The maximum absolute atomic E-state index is 11.3. The number of hydrogen-bond donors (Lipinski definition) is 1. The number of carbonyl (C=O) groups is 1. The van der Waals surface area contributed by atoms with E-state index >= 15 is 0 Å². The van der Waals surface area contributed by atoms with Crippen LogP contribution in [0.4, 0.5) is 11.5 Å². The van der Waals surface area contributed by atoms with Gasteiger partial charge in [-0.15, -0.1) is 0 Å². The first-order valence-corrected chi connectivity index (χ1v) is 6.06. The normalized spacial score (nSPS) is 17.8. The largest absolute Gasteiger partial charge is 0.478 e. The molecule has 1 fully saturated rings. The third-order valence-electron chi connectivity index (χ3n) is 3.19. The van der Waals surface area contributed by atoms with Crippen LogP contribution in [0.3, 0.4) is 0 Å². The van der Waals surface area contributed by atoms with Gasteiger partial charge in [0.15, 0.2) is 0 Å². The predicted molar refractivity (Wildman–Crippen MR) is 70.1 cm³/mol. The maximum Gasteiger partial charge on any atom is 0.339 e. The Balaban J connectivity index is 2.50. The number of rotatable bonds is 3. The molecular weight excluding hydrogens is 266 g/mol. The topological polar surface area (TPSA) is 106 Å². The third-order valence-corrected chi connectivity index (χ3v) is 3.19. The number of hydrogen-bond acceptors (Lipinski definition) is 6. The number of ether oxygens (including phenoxy) is 1. The van der Waals surface area contributed by atoms with Gasteiger partial charge in [-0.2, -0.15) is 0 Å². The molecule has 8 heteroatoms. The van der Waals surface area contributed by atoms with Crippen LogP contribution in [-0.4, -0.2) is 46.3 Å². The number of carboxylic acid groups (broad SMARTS) is 1. The second-order valence-electron chi connectivity index (χ2n) is 5.14. The predicted octanol–water partition coefficient (Wildman–Crippen LogP) is 1.30. The average Bonchev–Trinajstić information content (AvgIpc) is 2.37. The number of nitro groups is 1. The molecule has 0 spiro atoms. The van der Waals surface area contributed by atoms with Gasteiger partial charge in [0.05, 0.1) is 23.7 Å². The molecule has 1 aliphatic rings. The number of anilines is 1. The second kappa shape index (κ2) is 5.04. The lowest BCUT2D eigenvalue weighted by Crippen LogP contribution is -2.54. The van der Waals surface area contributed by atoms with Crippen molar-refractivity contribution in [1.29, 1.82) is 0 Å². The number of carboxylic acids is 1. The van der Waals surface area contributed by atoms with Gasteiger partial charge in [-0.25, -0.2) is 9.78 Å². The maximum atomic E-state index is 11.3. The zero-order chi connectivity index (χ0) is 14.9. The summed E-state index contributed by atoms with van der Waals surface area (Å²) in [5, 5.41) is 20.0. The fraction of sp³-hybridized carbons (Fsp3) is 0.500. The minimum absolute atomic E-state index is 0.172. The molecule has 0 unspecified atom stereocenters. The monoisotopic (exact) mass is 281 g/mol. The molecular formula is C12H15N3O5. The molecule has 1 aliphatic heterocycles. The van der Waals surface area contributed by atoms with E-state index in [0.717, 1.165) is 12.3 Å². The molecule has 0 bridgehead atoms. The molecule has 108 valence electrons. The van der Waals surface area contributed by atoms with Crippen LogP contribution in [0, 0.1) is 10.1 Å². The molecule has 1 aromatic heterocycles. The smallest absolute Gasteiger partial charge is 0.339 e. The Morgan fingerprint density at radius 2 is 2.30 bits per heavy atom. The van der Waals surface area contributed by atoms with Crippen LogP contribution < -0.4 is 4.90 Å². The van der Waals surface area contributed by atoms with Crippen molar-refractivity contribution in [1.82, 2.24) is 4.98 Å². The highest BCUT2D eigenvalue weighted by Gasteiger charge is 2.34. The van der Waals surface area contributed by atoms with Crippen LogP contribution in [0.5, 0.6) is 0 Å². The molecule has 0 aromatic carbocycles. The van der Waals surface area contributed by atoms with Crippen molar-refractivity contribution in [3.8, 4) is 0 Å². The first-order chi connectivity index (χ1) is 9.33. The van der Waals surface area contributed by atoms with Gasteiger partial charge in [0.25, 0.3) is 5.69 Å². The fourth-order valence-corrected chi connectivity index (χ4v) is 2.17. The van der Waals surface area contributed by atoms with Gasteiger partial charge >= 0.3 is 5.97 Å². The number of aromatic nitrogens is 1. The minimum atomic E-state index is -1.24. The number of pyridine rings is 1. The Bertz CT molecular complexity index is 558. The summed E-state index contributed by atoms with van der Waals surface area (Å²) in [5.74, 6) is -1.00. The Labute approximate surface area is 115 Å². The van der Waals surface area contributed by atoms with Crippen LogP contribution in [-0.2, 0) is 4.74 Å². The zero-order valence-electron chi connectivity index (χ0n) is 11.2. The standard InChI is InChI=1S/C12H15N3O5/c1-12(2)7-20-4-3-14(12)10-9(11(16)17)5-8(6-13-10)15(18)19/h5-6H,3-4,7H2,1-2H3,(H,16,17). The van der Waals surface area contributed by atoms with Gasteiger partial charge in [-0.1, -0.05) is 0 Å². The van der Waals surface area contributed by atoms with Crippen LogP contribution in [0.2, 0.25) is 0 Å². The Morgan fingerprint density at radius 3 is 2.85 bits per heavy atom. The zero-order valence-corrected chi connectivity index (χ0v) is 11.2. The second-order valence-corrected chi connectivity index (χ2v) is 5.14. The summed E-state index contributed by atoms with van der Waals surface area (Å²) in [5.41, 5.74) is -0.933. The van der Waals surface area contributed by atoms with E-state index in [1.165, 1.54) is 0 Å². The van der Waals surface area contributed by atoms with Gasteiger partial charge < -0.3 is 14.7 Å². The molecule has 0 saturated carbocycles. The lowest BCUT2D eigenvalue weighted by Gasteiger charge is -2.43. The van der Waals surface area contributed by atoms with Crippen molar-refractivity contribution in [3.05, 3.63) is 27.9 Å². The summed E-state index contributed by atoms with van der Waals surface area (Å²) in [6.07, 6.45) is 1.08. The van der Waals surface area contributed by atoms with Gasteiger partial charge in [-0.3, -0.25) is 10.1 Å². The summed E-state index contributed by atoms with van der Waals surface area (Å²) in [4.78, 5) is 27.2. The minimum Gasteiger partial charge on any atom is -0.478 e. The van der Waals surface area contributed by atoms with Gasteiger partial charge in [0.1, 0.15) is 17.6 Å². The summed E-state index contributed by atoms with van der Waals surface area (Å²) in [6, 6.07) is 1.04. The summed E-state index contributed by atoms with van der Waals surface area (Å²) in [6.45, 7) is 5.19. The van der Waals surface area contributed by atoms with Crippen LogP contribution in [0.25, 0.3) is 0 Å². The average molecular weight is 281 g/mol. The van der Waals surface area contributed by atoms with E-state index in [0.29, 0.717) is 19.8 Å². The fourth-order valence-electron chi connectivity index (χ4n) is 2.17. The molecule has 2 rings (SSSR count). The lowest BCUT2D eigenvalue weighted by atomic mass is 10.0. The van der Waals surface area contributed by atoms with Crippen molar-refractivity contribution in [3.63, 3.8) is 0 Å². The molecule has 1 aromatic rings. The van der Waals surface area contributed by atoms with E-state index in [4.69, 9.17) is 4.74 Å². The summed E-state index contributed by atoms with van der Waals surface area (Å²) < 4.78 is 5.37. The summed E-state index contributed by atoms with van der Waals surface area (Å²) >= 11 is 0. The third kappa shape index (κ3) is 2.55. The Morgan fingerprint density at radius 1 is 1.60 bits per heavy atom. The molecule has 8 nitrogen and oxygen atoms in total. The summed E-state index contributed by atoms with van der Waals surface area (Å²) in [7, 11) is 0. The molecule has 20 heavy (non-hydrogen) atoms. The highest BCUT2D eigenvalue weighted by molar-refractivity contribution is 5.94. The Kier molecular flexibility index (Phi) is 3.58. The van der Waals surface area contributed by atoms with Crippen molar-refractivity contribution in [2.75, 3.05) is 24.7 Å². The van der Waals surface area contributed by atoms with Crippen LogP contribution in [0.15, 0.2) is 12.3 Å². The highest BCUT2D eigenvalue weighted by atomic mass is 16.6. The quantitative estimate of drug-likeness (QED) is 0.657. The van der Waals surface area contributed by atoms with E-state index in [1.54, 1.807) is 0 Å². The van der Waals surface area contributed by atoms with Gasteiger partial charge in [0, 0.05) is 12.6 Å². The molecule has 0 aliphatic carbocycles. The molecule has 0 radical (unpaired) electrons. The van der Waals surface area contributed by atoms with Crippen LogP contribution >= 0.6 is 0 Å². The number of aromatic carboxylic acids is 1. The number of nitrogens with zero attached hydrogens (tertiary/aromatic N) is 3. The van der Waals surface area contributed by atoms with Crippen molar-refractivity contribution in [2.24, 2.45) is 0 Å². The first-order valence-electron chi connectivity index (χ1n) is 6.06. The van der Waals surface area contributed by atoms with Crippen LogP contribution in [0.1, 0.15) is 24.2 Å². The van der Waals surface area contributed by atoms with E-state index in [9.17, 15) is 20.0 Å². The van der Waals surface area contributed by atoms with Gasteiger partial charge in [-0.05, 0) is 13.8 Å². The number of morpholine rings is 1. The van der Waals surface area contributed by atoms with E-state index < -0.39 is 16.4 Å². The SMILES string of the molecule is CC1(C)COCCN1c1ncc([N+](=O)[O-])cc1C(=O)O. The van der Waals surface area contributed by atoms with Crippen molar-refractivity contribution < 1.29 is 19.6 Å². The first kappa shape index (κ1) is 14.2. The molecule has 1 saturated heterocycles. The highest BCUT2D eigenvalue weighted by Crippen LogP contribution is 2.30. The molecule has 0 atom stereocenters. The molecule has 2 heterocycles.